The highest BCUT2D eigenvalue weighted by molar-refractivity contribution is 5.76. The van der Waals surface area contributed by atoms with Crippen molar-refractivity contribution in [3.05, 3.63) is 0 Å². The molecule has 2 nitrogen and oxygen atoms in total. The van der Waals surface area contributed by atoms with Crippen LogP contribution in [0.25, 0.3) is 0 Å². The lowest BCUT2D eigenvalue weighted by atomic mass is 9.74. The second-order valence-corrected chi connectivity index (χ2v) is 10.2. The molecule has 0 saturated heterocycles. The van der Waals surface area contributed by atoms with Gasteiger partial charge in [-0.25, -0.2) is 0 Å². The van der Waals surface area contributed by atoms with E-state index in [9.17, 15) is 4.79 Å². The first-order chi connectivity index (χ1) is 10.5. The van der Waals surface area contributed by atoms with Gasteiger partial charge in [-0.2, -0.15) is 0 Å². The van der Waals surface area contributed by atoms with E-state index in [1.807, 2.05) is 13.8 Å². The highest BCUT2D eigenvalue weighted by Gasteiger charge is 2.67. The van der Waals surface area contributed by atoms with Gasteiger partial charge in [0.25, 0.3) is 0 Å². The first-order valence-electron chi connectivity index (χ1n) is 9.78. The van der Waals surface area contributed by atoms with Gasteiger partial charge >= 0.3 is 5.97 Å². The van der Waals surface area contributed by atoms with Crippen LogP contribution in [0, 0.1) is 40.4 Å². The third kappa shape index (κ3) is 2.55. The fourth-order valence-corrected chi connectivity index (χ4v) is 5.89. The molecule has 0 N–H and O–H groups in total. The zero-order valence-corrected chi connectivity index (χ0v) is 16.2. The van der Waals surface area contributed by atoms with Crippen molar-refractivity contribution in [2.24, 2.45) is 40.4 Å². The lowest BCUT2D eigenvalue weighted by molar-refractivity contribution is -0.178. The van der Waals surface area contributed by atoms with Crippen LogP contribution in [-0.2, 0) is 9.53 Å². The molecule has 0 radical (unpaired) electrons. The molecule has 3 aliphatic rings. The molecule has 23 heavy (non-hydrogen) atoms. The minimum atomic E-state index is -0.364. The molecule has 6 atom stereocenters. The quantitative estimate of drug-likeness (QED) is 0.646. The molecule has 3 rings (SSSR count). The van der Waals surface area contributed by atoms with Gasteiger partial charge in [0.15, 0.2) is 0 Å². The average molecular weight is 321 g/mol. The highest BCUT2D eigenvalue weighted by atomic mass is 16.6. The average Bonchev–Trinajstić information content (AvgIpc) is 2.83. The minimum absolute atomic E-state index is 0.00985. The predicted molar refractivity (Wildman–Crippen MR) is 93.9 cm³/mol. The Morgan fingerprint density at radius 1 is 1.13 bits per heavy atom. The number of carbonyl (C=O) groups is 1. The molecule has 0 spiro atoms. The SMILES string of the molecule is CCC(C)(C)C(=O)OC1(C)CCC2C(C3C(C)CCC31)C2(C)C. The number of hydrogen-bond donors (Lipinski definition) is 0. The van der Waals surface area contributed by atoms with E-state index >= 15 is 0 Å². The van der Waals surface area contributed by atoms with Crippen LogP contribution in [0.2, 0.25) is 0 Å². The molecular formula is C21H36O2. The van der Waals surface area contributed by atoms with Gasteiger partial charge in [-0.1, -0.05) is 34.1 Å². The fraction of sp³-hybridized carbons (Fsp3) is 0.952. The molecule has 0 aromatic rings. The lowest BCUT2D eigenvalue weighted by Crippen LogP contribution is -2.45. The highest BCUT2D eigenvalue weighted by Crippen LogP contribution is 2.71. The van der Waals surface area contributed by atoms with E-state index in [4.69, 9.17) is 4.74 Å². The van der Waals surface area contributed by atoms with E-state index < -0.39 is 0 Å². The maximum absolute atomic E-state index is 12.7. The first-order valence-corrected chi connectivity index (χ1v) is 9.78. The van der Waals surface area contributed by atoms with Gasteiger partial charge in [0, 0.05) is 5.92 Å². The number of carbonyl (C=O) groups excluding carboxylic acids is 1. The monoisotopic (exact) mass is 320 g/mol. The van der Waals surface area contributed by atoms with Crippen molar-refractivity contribution in [3.8, 4) is 0 Å². The molecule has 3 saturated carbocycles. The zero-order chi connectivity index (χ0) is 17.2. The normalized spacial score (nSPS) is 44.9. The molecule has 2 heteroatoms. The van der Waals surface area contributed by atoms with Crippen LogP contribution in [0.5, 0.6) is 0 Å². The van der Waals surface area contributed by atoms with Gasteiger partial charge in [0.1, 0.15) is 5.60 Å². The topological polar surface area (TPSA) is 26.3 Å². The van der Waals surface area contributed by atoms with Crippen molar-refractivity contribution in [3.63, 3.8) is 0 Å². The number of ether oxygens (including phenoxy) is 1. The molecule has 0 heterocycles. The fourth-order valence-electron chi connectivity index (χ4n) is 5.89. The van der Waals surface area contributed by atoms with Crippen molar-refractivity contribution >= 4 is 5.97 Å². The summed E-state index contributed by atoms with van der Waals surface area (Å²) in [5.41, 5.74) is -0.102. The summed E-state index contributed by atoms with van der Waals surface area (Å²) < 4.78 is 6.27. The lowest BCUT2D eigenvalue weighted by Gasteiger charge is -2.41. The predicted octanol–water partition coefficient (Wildman–Crippen LogP) is 5.45. The summed E-state index contributed by atoms with van der Waals surface area (Å²) in [4.78, 5) is 12.7. The largest absolute Gasteiger partial charge is 0.459 e. The molecule has 0 aromatic heterocycles. The van der Waals surface area contributed by atoms with E-state index in [0.29, 0.717) is 11.3 Å². The van der Waals surface area contributed by atoms with E-state index in [1.54, 1.807) is 0 Å². The third-order valence-corrected chi connectivity index (χ3v) is 8.11. The molecular weight excluding hydrogens is 284 g/mol. The second-order valence-electron chi connectivity index (χ2n) is 10.2. The summed E-state index contributed by atoms with van der Waals surface area (Å²) in [7, 11) is 0. The Morgan fingerprint density at radius 2 is 1.78 bits per heavy atom. The van der Waals surface area contributed by atoms with E-state index in [2.05, 4.69) is 34.6 Å². The van der Waals surface area contributed by atoms with Crippen molar-refractivity contribution in [2.75, 3.05) is 0 Å². The van der Waals surface area contributed by atoms with Crippen molar-refractivity contribution in [1.29, 1.82) is 0 Å². The van der Waals surface area contributed by atoms with E-state index in [0.717, 1.165) is 36.5 Å². The van der Waals surface area contributed by atoms with Crippen LogP contribution in [0.15, 0.2) is 0 Å². The van der Waals surface area contributed by atoms with E-state index in [1.165, 1.54) is 19.3 Å². The van der Waals surface area contributed by atoms with Gasteiger partial charge in [-0.05, 0) is 75.5 Å². The van der Waals surface area contributed by atoms with Crippen molar-refractivity contribution in [1.82, 2.24) is 0 Å². The Kier molecular flexibility index (Phi) is 3.93. The third-order valence-electron chi connectivity index (χ3n) is 8.11. The molecule has 0 aliphatic heterocycles. The Bertz CT molecular complexity index is 492. The van der Waals surface area contributed by atoms with Crippen LogP contribution < -0.4 is 0 Å². The summed E-state index contributed by atoms with van der Waals surface area (Å²) in [6.45, 7) is 15.7. The second kappa shape index (κ2) is 5.23. The smallest absolute Gasteiger partial charge is 0.312 e. The summed E-state index contributed by atoms with van der Waals surface area (Å²) in [5, 5.41) is 0. The van der Waals surface area contributed by atoms with Gasteiger partial charge in [0.05, 0.1) is 5.41 Å². The first kappa shape index (κ1) is 17.3. The van der Waals surface area contributed by atoms with Crippen LogP contribution in [0.1, 0.15) is 80.6 Å². The Balaban J connectivity index is 1.85. The van der Waals surface area contributed by atoms with Crippen molar-refractivity contribution < 1.29 is 9.53 Å². The Morgan fingerprint density at radius 3 is 2.39 bits per heavy atom. The number of rotatable bonds is 3. The van der Waals surface area contributed by atoms with Gasteiger partial charge in [0.2, 0.25) is 0 Å². The van der Waals surface area contributed by atoms with Crippen molar-refractivity contribution in [2.45, 2.75) is 86.2 Å². The van der Waals surface area contributed by atoms with E-state index in [-0.39, 0.29) is 17.0 Å². The number of hydrogen-bond acceptors (Lipinski definition) is 2. The van der Waals surface area contributed by atoms with Crippen LogP contribution in [0.3, 0.4) is 0 Å². The van der Waals surface area contributed by atoms with Gasteiger partial charge in [-0.3, -0.25) is 4.79 Å². The molecule has 132 valence electrons. The summed E-state index contributed by atoms with van der Waals surface area (Å²) in [6.07, 6.45) is 5.66. The molecule has 6 unspecified atom stereocenters. The molecule has 0 bridgehead atoms. The summed E-state index contributed by atoms with van der Waals surface area (Å²) in [5.74, 6) is 3.80. The van der Waals surface area contributed by atoms with Gasteiger partial charge < -0.3 is 4.74 Å². The molecule has 3 aliphatic carbocycles. The van der Waals surface area contributed by atoms with Crippen LogP contribution >= 0.6 is 0 Å². The summed E-state index contributed by atoms with van der Waals surface area (Å²) in [6, 6.07) is 0. The molecule has 0 amide bonds. The number of fused-ring (bicyclic) bond motifs is 3. The van der Waals surface area contributed by atoms with Crippen LogP contribution in [-0.4, -0.2) is 11.6 Å². The maximum Gasteiger partial charge on any atom is 0.312 e. The molecule has 0 aromatic carbocycles. The standard InChI is InChI=1S/C21H36O2/c1-8-19(3,4)18(22)23-21(7)12-11-15-17(20(15,5)6)16-13(2)9-10-14(16)21/h13-17H,8-12H2,1-7H3. The number of esters is 1. The summed E-state index contributed by atoms with van der Waals surface area (Å²) >= 11 is 0. The Labute approximate surface area is 142 Å². The Hall–Kier alpha value is -0.530. The zero-order valence-electron chi connectivity index (χ0n) is 16.2. The van der Waals surface area contributed by atoms with Crippen LogP contribution in [0.4, 0.5) is 0 Å². The minimum Gasteiger partial charge on any atom is -0.459 e. The maximum atomic E-state index is 12.7. The molecule has 3 fully saturated rings. The van der Waals surface area contributed by atoms with Gasteiger partial charge in [-0.15, -0.1) is 0 Å².